The highest BCUT2D eigenvalue weighted by Gasteiger charge is 2.52. The van der Waals surface area contributed by atoms with E-state index >= 15 is 0 Å². The summed E-state index contributed by atoms with van der Waals surface area (Å²) >= 11 is 0. The van der Waals surface area contributed by atoms with Gasteiger partial charge in [0.2, 0.25) is 0 Å². The van der Waals surface area contributed by atoms with Gasteiger partial charge < -0.3 is 9.64 Å². The molecule has 1 spiro atoms. The first-order valence-electron chi connectivity index (χ1n) is 14.4. The van der Waals surface area contributed by atoms with E-state index < -0.39 is 5.41 Å². The van der Waals surface area contributed by atoms with E-state index in [0.717, 1.165) is 24.6 Å². The van der Waals surface area contributed by atoms with Crippen LogP contribution in [0.25, 0.3) is 22.3 Å². The average molecular weight is 526 g/mol. The average Bonchev–Trinajstić information content (AvgIpc) is 3.21. The van der Waals surface area contributed by atoms with Crippen molar-refractivity contribution in [2.24, 2.45) is 0 Å². The van der Waals surface area contributed by atoms with Gasteiger partial charge in [0.1, 0.15) is 11.5 Å². The van der Waals surface area contributed by atoms with E-state index in [1.54, 1.807) is 0 Å². The van der Waals surface area contributed by atoms with Crippen LogP contribution in [0.4, 0.5) is 5.69 Å². The molecule has 0 saturated heterocycles. The summed E-state index contributed by atoms with van der Waals surface area (Å²) in [5.74, 6) is 1.85. The molecular formula is C39H27NO. The molecular weight excluding hydrogens is 498 g/mol. The topological polar surface area (TPSA) is 12.5 Å². The maximum absolute atomic E-state index is 6.58. The van der Waals surface area contributed by atoms with Gasteiger partial charge in [0.25, 0.3) is 0 Å². The van der Waals surface area contributed by atoms with Crippen LogP contribution >= 0.6 is 0 Å². The largest absolute Gasteiger partial charge is 0.457 e. The molecule has 0 unspecified atom stereocenters. The van der Waals surface area contributed by atoms with Gasteiger partial charge in [0, 0.05) is 35.5 Å². The molecule has 1 aliphatic carbocycles. The zero-order valence-corrected chi connectivity index (χ0v) is 22.5. The van der Waals surface area contributed by atoms with Crippen LogP contribution in [0.2, 0.25) is 0 Å². The second-order valence-corrected chi connectivity index (χ2v) is 11.3. The normalized spacial score (nSPS) is 15.0. The molecule has 0 radical (unpaired) electrons. The van der Waals surface area contributed by atoms with Crippen molar-refractivity contribution < 1.29 is 4.74 Å². The number of rotatable bonds is 1. The number of para-hydroxylation sites is 2. The van der Waals surface area contributed by atoms with Crippen LogP contribution in [0.3, 0.4) is 0 Å². The molecule has 41 heavy (non-hydrogen) atoms. The van der Waals surface area contributed by atoms with E-state index in [2.05, 4.69) is 144 Å². The van der Waals surface area contributed by atoms with Crippen LogP contribution in [0, 0.1) is 0 Å². The lowest BCUT2D eigenvalue weighted by Crippen LogP contribution is -2.34. The van der Waals surface area contributed by atoms with Crippen molar-refractivity contribution in [3.8, 4) is 33.8 Å². The maximum atomic E-state index is 6.58. The third kappa shape index (κ3) is 3.02. The Morgan fingerprint density at radius 1 is 0.439 bits per heavy atom. The molecule has 9 rings (SSSR count). The molecule has 2 heterocycles. The molecule has 3 aliphatic rings. The summed E-state index contributed by atoms with van der Waals surface area (Å²) in [6.07, 6.45) is 0. The van der Waals surface area contributed by atoms with Crippen molar-refractivity contribution in [1.82, 2.24) is 0 Å². The van der Waals surface area contributed by atoms with Gasteiger partial charge in [0.05, 0.1) is 5.41 Å². The van der Waals surface area contributed by atoms with Crippen LogP contribution in [0.15, 0.2) is 140 Å². The molecule has 6 aromatic rings. The van der Waals surface area contributed by atoms with Gasteiger partial charge in [-0.2, -0.15) is 0 Å². The monoisotopic (exact) mass is 525 g/mol. The Labute approximate surface area is 240 Å². The van der Waals surface area contributed by atoms with Gasteiger partial charge in [-0.3, -0.25) is 0 Å². The van der Waals surface area contributed by atoms with Gasteiger partial charge in [-0.1, -0.05) is 121 Å². The van der Waals surface area contributed by atoms with Crippen molar-refractivity contribution in [3.63, 3.8) is 0 Å². The summed E-state index contributed by atoms with van der Waals surface area (Å²) < 4.78 is 6.58. The minimum absolute atomic E-state index is 0.487. The van der Waals surface area contributed by atoms with Gasteiger partial charge >= 0.3 is 0 Å². The van der Waals surface area contributed by atoms with Crippen molar-refractivity contribution >= 4 is 5.69 Å². The molecule has 0 bridgehead atoms. The molecule has 2 nitrogen and oxygen atoms in total. The van der Waals surface area contributed by atoms with E-state index in [1.165, 1.54) is 61.3 Å². The molecule has 0 aromatic heterocycles. The highest BCUT2D eigenvalue weighted by Crippen LogP contribution is 2.64. The summed E-state index contributed by atoms with van der Waals surface area (Å²) in [5.41, 5.74) is 13.8. The van der Waals surface area contributed by atoms with Gasteiger partial charge in [0.15, 0.2) is 0 Å². The standard InChI is InChI=1S/C39H27NO/c1-3-14-28-26(12-1)24-40(25-27-13-2-4-15-29(27)28)35-21-11-17-31-30-16-5-6-18-32(30)39(38(31)35)33-19-7-9-22-36(33)41-37-23-10-8-20-34(37)39/h1-23H,24-25H2. The highest BCUT2D eigenvalue weighted by atomic mass is 16.5. The molecule has 0 N–H and O–H groups in total. The van der Waals surface area contributed by atoms with E-state index in [-0.39, 0.29) is 0 Å². The Morgan fingerprint density at radius 3 is 1.56 bits per heavy atom. The van der Waals surface area contributed by atoms with Crippen LogP contribution in [-0.2, 0) is 18.5 Å². The van der Waals surface area contributed by atoms with Gasteiger partial charge in [-0.25, -0.2) is 0 Å². The molecule has 6 aromatic carbocycles. The van der Waals surface area contributed by atoms with Crippen LogP contribution in [-0.4, -0.2) is 0 Å². The second kappa shape index (κ2) is 8.46. The Bertz CT molecular complexity index is 1910. The first-order valence-corrected chi connectivity index (χ1v) is 14.4. The van der Waals surface area contributed by atoms with E-state index in [0.29, 0.717) is 0 Å². The number of hydrogen-bond acceptors (Lipinski definition) is 2. The summed E-state index contributed by atoms with van der Waals surface area (Å²) in [7, 11) is 0. The van der Waals surface area contributed by atoms with Crippen molar-refractivity contribution in [2.45, 2.75) is 18.5 Å². The third-order valence-electron chi connectivity index (χ3n) is 9.23. The molecule has 0 atom stereocenters. The van der Waals surface area contributed by atoms with Crippen molar-refractivity contribution in [1.29, 1.82) is 0 Å². The number of fused-ring (bicyclic) bond motifs is 12. The molecule has 0 saturated carbocycles. The first kappa shape index (κ1) is 22.7. The van der Waals surface area contributed by atoms with E-state index in [9.17, 15) is 0 Å². The quantitative estimate of drug-likeness (QED) is 0.212. The number of benzene rings is 6. The summed E-state index contributed by atoms with van der Waals surface area (Å²) in [6, 6.07) is 50.9. The fourth-order valence-corrected chi connectivity index (χ4v) is 7.64. The smallest absolute Gasteiger partial charge is 0.132 e. The second-order valence-electron chi connectivity index (χ2n) is 11.3. The predicted molar refractivity (Wildman–Crippen MR) is 166 cm³/mol. The Hall–Kier alpha value is -5.08. The Morgan fingerprint density at radius 2 is 0.927 bits per heavy atom. The summed E-state index contributed by atoms with van der Waals surface area (Å²) in [6.45, 7) is 1.68. The first-order chi connectivity index (χ1) is 20.3. The number of hydrogen-bond donors (Lipinski definition) is 0. The van der Waals surface area contributed by atoms with E-state index in [1.807, 2.05) is 0 Å². The minimum atomic E-state index is -0.487. The molecule has 2 heteroatoms. The van der Waals surface area contributed by atoms with Crippen LogP contribution in [0.1, 0.15) is 33.4 Å². The number of nitrogens with zero attached hydrogens (tertiary/aromatic N) is 1. The maximum Gasteiger partial charge on any atom is 0.132 e. The fraction of sp³-hybridized carbons (Fsp3) is 0.0769. The number of anilines is 1. The Balaban J connectivity index is 1.38. The zero-order chi connectivity index (χ0) is 27.0. The van der Waals surface area contributed by atoms with Gasteiger partial charge in [-0.15, -0.1) is 0 Å². The molecule has 0 amide bonds. The highest BCUT2D eigenvalue weighted by molar-refractivity contribution is 5.93. The Kier molecular flexibility index (Phi) is 4.68. The molecule has 0 fully saturated rings. The lowest BCUT2D eigenvalue weighted by molar-refractivity contribution is 0.436. The summed E-state index contributed by atoms with van der Waals surface area (Å²) in [5, 5.41) is 0. The molecule has 2 aliphatic heterocycles. The molecule has 194 valence electrons. The van der Waals surface area contributed by atoms with Gasteiger partial charge in [-0.05, 0) is 57.1 Å². The summed E-state index contributed by atoms with van der Waals surface area (Å²) in [4.78, 5) is 2.60. The number of ether oxygens (including phenoxy) is 1. The van der Waals surface area contributed by atoms with Crippen molar-refractivity contribution in [2.75, 3.05) is 4.90 Å². The van der Waals surface area contributed by atoms with Crippen molar-refractivity contribution in [3.05, 3.63) is 173 Å². The lowest BCUT2D eigenvalue weighted by Gasteiger charge is -2.41. The lowest BCUT2D eigenvalue weighted by atomic mass is 9.65. The van der Waals surface area contributed by atoms with E-state index in [4.69, 9.17) is 4.74 Å². The predicted octanol–water partition coefficient (Wildman–Crippen LogP) is 9.34. The fourth-order valence-electron chi connectivity index (χ4n) is 7.64. The van der Waals surface area contributed by atoms with Crippen LogP contribution < -0.4 is 9.64 Å². The minimum Gasteiger partial charge on any atom is -0.457 e. The third-order valence-corrected chi connectivity index (χ3v) is 9.23. The SMILES string of the molecule is c1ccc2c(c1)CN(c1cccc3c1C1(c4ccccc4Oc4ccccc41)c1ccccc1-3)Cc1ccccc1-2. The zero-order valence-electron chi connectivity index (χ0n) is 22.5. The van der Waals surface area contributed by atoms with Crippen LogP contribution in [0.5, 0.6) is 11.5 Å².